The molecule has 0 aromatic heterocycles. The Bertz CT molecular complexity index is 664. The molecule has 136 valence electrons. The summed E-state index contributed by atoms with van der Waals surface area (Å²) in [6.45, 7) is 11.1. The minimum Gasteiger partial charge on any atom is -0.455 e. The van der Waals surface area contributed by atoms with E-state index >= 15 is 0 Å². The van der Waals surface area contributed by atoms with Crippen LogP contribution in [-0.2, 0) is 19.1 Å². The van der Waals surface area contributed by atoms with Crippen LogP contribution in [0.3, 0.4) is 0 Å². The van der Waals surface area contributed by atoms with E-state index in [-0.39, 0.29) is 5.57 Å². The van der Waals surface area contributed by atoms with Gasteiger partial charge in [-0.15, -0.1) is 0 Å². The van der Waals surface area contributed by atoms with Crippen LogP contribution in [0.2, 0.25) is 0 Å². The molecule has 1 aliphatic heterocycles. The van der Waals surface area contributed by atoms with Crippen molar-refractivity contribution in [3.63, 3.8) is 0 Å². The van der Waals surface area contributed by atoms with Crippen molar-refractivity contribution in [1.29, 1.82) is 0 Å². The van der Waals surface area contributed by atoms with Crippen LogP contribution in [0.25, 0.3) is 0 Å². The number of rotatable bonds is 2. The van der Waals surface area contributed by atoms with E-state index in [0.29, 0.717) is 5.57 Å². The van der Waals surface area contributed by atoms with E-state index in [1.54, 1.807) is 20.8 Å². The van der Waals surface area contributed by atoms with Gasteiger partial charge in [-0.05, 0) is 52.2 Å². The van der Waals surface area contributed by atoms with Crippen LogP contribution in [-0.4, -0.2) is 35.4 Å². The van der Waals surface area contributed by atoms with Crippen molar-refractivity contribution in [2.45, 2.75) is 58.8 Å². The number of carbonyl (C=O) groups excluding carboxylic acids is 2. The minimum atomic E-state index is -1.03. The smallest absolute Gasteiger partial charge is 0.334 e. The van der Waals surface area contributed by atoms with Crippen LogP contribution >= 0.6 is 0 Å². The first-order valence-corrected chi connectivity index (χ1v) is 8.48. The largest absolute Gasteiger partial charge is 0.455 e. The first-order chi connectivity index (χ1) is 11.7. The Morgan fingerprint density at radius 1 is 1.40 bits per heavy atom. The zero-order chi connectivity index (χ0) is 18.7. The molecule has 25 heavy (non-hydrogen) atoms. The molecular weight excluding hydrogens is 320 g/mol. The van der Waals surface area contributed by atoms with E-state index in [1.807, 2.05) is 19.1 Å². The number of allylic oxidation sites excluding steroid dienone is 3. The molecule has 0 unspecified atom stereocenters. The predicted octanol–water partition coefficient (Wildman–Crippen LogP) is 3.01. The van der Waals surface area contributed by atoms with Crippen LogP contribution in [0.1, 0.15) is 40.5 Å². The summed E-state index contributed by atoms with van der Waals surface area (Å²) in [7, 11) is 0. The number of hydrogen-bond acceptors (Lipinski definition) is 5. The molecule has 0 spiro atoms. The number of esters is 2. The summed E-state index contributed by atoms with van der Waals surface area (Å²) in [4.78, 5) is 24.2. The molecule has 4 atom stereocenters. The maximum Gasteiger partial charge on any atom is 0.334 e. The Kier molecular flexibility index (Phi) is 6.01. The fourth-order valence-electron chi connectivity index (χ4n) is 3.14. The van der Waals surface area contributed by atoms with Crippen molar-refractivity contribution in [2.24, 2.45) is 5.92 Å². The highest BCUT2D eigenvalue weighted by Crippen LogP contribution is 2.36. The molecule has 0 saturated carbocycles. The second-order valence-electron chi connectivity index (χ2n) is 6.99. The van der Waals surface area contributed by atoms with E-state index in [1.165, 1.54) is 6.08 Å². The lowest BCUT2D eigenvalue weighted by atomic mass is 9.84. The molecule has 0 aromatic rings. The van der Waals surface area contributed by atoms with Crippen LogP contribution in [0, 0.1) is 5.92 Å². The number of ether oxygens (including phenoxy) is 2. The molecule has 5 heteroatoms. The average molecular weight is 346 g/mol. The second-order valence-corrected chi connectivity index (χ2v) is 6.99. The predicted molar refractivity (Wildman–Crippen MR) is 94.6 cm³/mol. The van der Waals surface area contributed by atoms with Gasteiger partial charge >= 0.3 is 11.9 Å². The molecule has 0 aromatic carbocycles. The number of fused-ring (bicyclic) bond motifs is 1. The Morgan fingerprint density at radius 2 is 2.08 bits per heavy atom. The maximum absolute atomic E-state index is 12.2. The van der Waals surface area contributed by atoms with Gasteiger partial charge in [0.05, 0.1) is 5.92 Å². The SMILES string of the molecule is C=C1C(=O)O[C@H]2/C=C(\C)CC/C=C(\C)[C@@H](O)[C@H](OC(=O)C=C(C)C)[C@H]12. The van der Waals surface area contributed by atoms with Crippen molar-refractivity contribution in [3.8, 4) is 0 Å². The Hall–Kier alpha value is -2.14. The van der Waals surface area contributed by atoms with Gasteiger partial charge in [0.2, 0.25) is 0 Å². The molecule has 1 fully saturated rings. The van der Waals surface area contributed by atoms with Gasteiger partial charge < -0.3 is 14.6 Å². The van der Waals surface area contributed by atoms with E-state index in [4.69, 9.17) is 9.47 Å². The van der Waals surface area contributed by atoms with Crippen molar-refractivity contribution in [1.82, 2.24) is 0 Å². The quantitative estimate of drug-likeness (QED) is 0.473. The van der Waals surface area contributed by atoms with Crippen LogP contribution < -0.4 is 0 Å². The first kappa shape index (κ1) is 19.2. The molecule has 0 amide bonds. The second kappa shape index (κ2) is 7.83. The van der Waals surface area contributed by atoms with Crippen LogP contribution in [0.4, 0.5) is 0 Å². The summed E-state index contributed by atoms with van der Waals surface area (Å²) in [5, 5.41) is 10.8. The third kappa shape index (κ3) is 4.48. The molecule has 1 N–H and O–H groups in total. The molecule has 2 aliphatic rings. The van der Waals surface area contributed by atoms with Gasteiger partial charge in [0.25, 0.3) is 0 Å². The highest BCUT2D eigenvalue weighted by Gasteiger charge is 2.47. The molecule has 1 aliphatic carbocycles. The van der Waals surface area contributed by atoms with Gasteiger partial charge in [-0.2, -0.15) is 0 Å². The zero-order valence-corrected chi connectivity index (χ0v) is 15.2. The highest BCUT2D eigenvalue weighted by atomic mass is 16.6. The Labute approximate surface area is 148 Å². The summed E-state index contributed by atoms with van der Waals surface area (Å²) >= 11 is 0. The molecule has 5 nitrogen and oxygen atoms in total. The van der Waals surface area contributed by atoms with Crippen molar-refractivity contribution in [3.05, 3.63) is 47.1 Å². The first-order valence-electron chi connectivity index (χ1n) is 8.48. The average Bonchev–Trinajstić information content (AvgIpc) is 2.77. The van der Waals surface area contributed by atoms with Gasteiger partial charge in [-0.25, -0.2) is 9.59 Å². The van der Waals surface area contributed by atoms with E-state index in [2.05, 4.69) is 6.58 Å². The van der Waals surface area contributed by atoms with Crippen molar-refractivity contribution < 1.29 is 24.2 Å². The van der Waals surface area contributed by atoms with Crippen LogP contribution in [0.15, 0.2) is 47.1 Å². The van der Waals surface area contributed by atoms with Gasteiger partial charge in [-0.1, -0.05) is 23.8 Å². The lowest BCUT2D eigenvalue weighted by Crippen LogP contribution is -2.42. The molecule has 1 saturated heterocycles. The van der Waals surface area contributed by atoms with Crippen molar-refractivity contribution >= 4 is 11.9 Å². The maximum atomic E-state index is 12.2. The molecule has 2 rings (SSSR count). The minimum absolute atomic E-state index is 0.219. The lowest BCUT2D eigenvalue weighted by Gasteiger charge is -2.30. The zero-order valence-electron chi connectivity index (χ0n) is 15.2. The van der Waals surface area contributed by atoms with Gasteiger partial charge in [0.1, 0.15) is 18.3 Å². The number of aliphatic hydroxyl groups is 1. The van der Waals surface area contributed by atoms with Crippen molar-refractivity contribution in [2.75, 3.05) is 0 Å². The van der Waals surface area contributed by atoms with E-state index in [9.17, 15) is 14.7 Å². The molecule has 0 bridgehead atoms. The fourth-order valence-corrected chi connectivity index (χ4v) is 3.14. The third-order valence-corrected chi connectivity index (χ3v) is 4.51. The summed E-state index contributed by atoms with van der Waals surface area (Å²) in [6.07, 6.45) is 4.16. The number of aliphatic hydroxyl groups excluding tert-OH is 1. The summed E-state index contributed by atoms with van der Waals surface area (Å²) < 4.78 is 11.0. The topological polar surface area (TPSA) is 72.8 Å². The lowest BCUT2D eigenvalue weighted by molar-refractivity contribution is -0.152. The van der Waals surface area contributed by atoms with E-state index in [0.717, 1.165) is 24.0 Å². The van der Waals surface area contributed by atoms with Gasteiger partial charge in [0.15, 0.2) is 0 Å². The van der Waals surface area contributed by atoms with Gasteiger partial charge in [-0.3, -0.25) is 0 Å². The number of carbonyl (C=O) groups is 2. The van der Waals surface area contributed by atoms with Gasteiger partial charge in [0, 0.05) is 11.6 Å². The molecular formula is C20H26O5. The molecule has 0 radical (unpaired) electrons. The Balaban J connectivity index is 2.45. The monoisotopic (exact) mass is 346 g/mol. The Morgan fingerprint density at radius 3 is 2.72 bits per heavy atom. The van der Waals surface area contributed by atoms with E-state index < -0.39 is 36.2 Å². The summed E-state index contributed by atoms with van der Waals surface area (Å²) in [5.41, 5.74) is 2.79. The summed E-state index contributed by atoms with van der Waals surface area (Å²) in [5.74, 6) is -1.69. The third-order valence-electron chi connectivity index (χ3n) is 4.51. The highest BCUT2D eigenvalue weighted by molar-refractivity contribution is 5.91. The standard InChI is InChI=1S/C20H26O5/c1-11(2)9-16(21)25-19-17-14(5)20(23)24-15(17)10-12(3)7-6-8-13(4)18(19)22/h8-10,15,17-19,22H,5-7H2,1-4H3/b12-10+,13-8+/t15-,17+,18+,19+/m0/s1. The normalized spacial score (nSPS) is 34.0. The summed E-state index contributed by atoms with van der Waals surface area (Å²) in [6, 6.07) is 0. The van der Waals surface area contributed by atoms with Crippen LogP contribution in [0.5, 0.6) is 0 Å². The molecule has 1 heterocycles. The number of hydrogen-bond donors (Lipinski definition) is 1. The fraction of sp³-hybridized carbons (Fsp3) is 0.500.